The molecule has 0 N–H and O–H groups in total. The molecule has 0 aliphatic rings. The van der Waals surface area contributed by atoms with Crippen LogP contribution in [0.25, 0.3) is 0 Å². The standard InChI is InChI=1S/C23H30N2O3/c1-16(2)25(17(3)4)23(27)22(18-11-7-6-8-12-18)19(15-21(26)28-5)20-13-9-10-14-24-20/h6-14,16-17,19,22H,15H2,1-5H3. The lowest BCUT2D eigenvalue weighted by atomic mass is 9.80. The van der Waals surface area contributed by atoms with Crippen molar-refractivity contribution in [2.45, 2.75) is 58.0 Å². The number of rotatable bonds is 8. The Morgan fingerprint density at radius 2 is 1.57 bits per heavy atom. The first-order chi connectivity index (χ1) is 13.4. The fourth-order valence-corrected chi connectivity index (χ4v) is 3.72. The first kappa shape index (κ1) is 21.6. The number of hydrogen-bond acceptors (Lipinski definition) is 4. The van der Waals surface area contributed by atoms with Gasteiger partial charge < -0.3 is 9.64 Å². The van der Waals surface area contributed by atoms with Crippen molar-refractivity contribution in [3.63, 3.8) is 0 Å². The minimum Gasteiger partial charge on any atom is -0.469 e. The molecule has 0 bridgehead atoms. The van der Waals surface area contributed by atoms with E-state index in [1.165, 1.54) is 7.11 Å². The van der Waals surface area contributed by atoms with Crippen molar-refractivity contribution >= 4 is 11.9 Å². The van der Waals surface area contributed by atoms with E-state index in [0.717, 1.165) is 5.56 Å². The lowest BCUT2D eigenvalue weighted by molar-refractivity contribution is -0.142. The van der Waals surface area contributed by atoms with E-state index >= 15 is 0 Å². The van der Waals surface area contributed by atoms with E-state index in [-0.39, 0.29) is 30.4 Å². The second-order valence-electron chi connectivity index (χ2n) is 7.46. The molecule has 5 nitrogen and oxygen atoms in total. The minimum absolute atomic E-state index is 0.00393. The van der Waals surface area contributed by atoms with Gasteiger partial charge in [-0.2, -0.15) is 0 Å². The van der Waals surface area contributed by atoms with Gasteiger partial charge in [-0.1, -0.05) is 36.4 Å². The minimum atomic E-state index is -0.528. The number of aromatic nitrogens is 1. The van der Waals surface area contributed by atoms with Crippen molar-refractivity contribution < 1.29 is 14.3 Å². The van der Waals surface area contributed by atoms with E-state index in [1.54, 1.807) is 6.20 Å². The SMILES string of the molecule is COC(=O)CC(c1ccccn1)C(C(=O)N(C(C)C)C(C)C)c1ccccc1. The molecule has 150 valence electrons. The van der Waals surface area contributed by atoms with Crippen LogP contribution in [0.3, 0.4) is 0 Å². The van der Waals surface area contributed by atoms with Gasteiger partial charge in [0, 0.05) is 29.9 Å². The first-order valence-electron chi connectivity index (χ1n) is 9.71. The maximum absolute atomic E-state index is 13.8. The lowest BCUT2D eigenvalue weighted by Crippen LogP contribution is -2.46. The molecule has 2 aromatic rings. The largest absolute Gasteiger partial charge is 0.469 e. The number of ether oxygens (including phenoxy) is 1. The molecular formula is C23H30N2O3. The predicted molar refractivity (Wildman–Crippen MR) is 110 cm³/mol. The van der Waals surface area contributed by atoms with Crippen molar-refractivity contribution in [3.8, 4) is 0 Å². The molecule has 0 radical (unpaired) electrons. The molecule has 1 aromatic heterocycles. The Kier molecular flexibility index (Phi) is 7.73. The third-order valence-corrected chi connectivity index (χ3v) is 4.88. The molecule has 28 heavy (non-hydrogen) atoms. The molecule has 5 heteroatoms. The van der Waals surface area contributed by atoms with Crippen LogP contribution in [0.5, 0.6) is 0 Å². The molecule has 1 aromatic carbocycles. The number of carbonyl (C=O) groups is 2. The summed E-state index contributed by atoms with van der Waals surface area (Å²) < 4.78 is 4.93. The molecular weight excluding hydrogens is 352 g/mol. The summed E-state index contributed by atoms with van der Waals surface area (Å²) >= 11 is 0. The van der Waals surface area contributed by atoms with Crippen LogP contribution in [0.4, 0.5) is 0 Å². The Labute approximate surface area is 167 Å². The number of pyridine rings is 1. The Morgan fingerprint density at radius 1 is 0.964 bits per heavy atom. The fraction of sp³-hybridized carbons (Fsp3) is 0.435. The molecule has 2 atom stereocenters. The van der Waals surface area contributed by atoms with Crippen molar-refractivity contribution in [2.75, 3.05) is 7.11 Å². The summed E-state index contributed by atoms with van der Waals surface area (Å²) in [5.74, 6) is -1.30. The van der Waals surface area contributed by atoms with Gasteiger partial charge in [0.2, 0.25) is 5.91 Å². The molecule has 0 spiro atoms. The van der Waals surface area contributed by atoms with Gasteiger partial charge in [0.15, 0.2) is 0 Å². The van der Waals surface area contributed by atoms with Crippen LogP contribution in [0.2, 0.25) is 0 Å². The third-order valence-electron chi connectivity index (χ3n) is 4.88. The van der Waals surface area contributed by atoms with Crippen LogP contribution in [-0.2, 0) is 14.3 Å². The highest BCUT2D eigenvalue weighted by Gasteiger charge is 2.37. The summed E-state index contributed by atoms with van der Waals surface area (Å²) in [6.45, 7) is 8.04. The topological polar surface area (TPSA) is 59.5 Å². The van der Waals surface area contributed by atoms with Gasteiger partial charge in [-0.05, 0) is 45.4 Å². The third kappa shape index (κ3) is 5.18. The zero-order valence-electron chi connectivity index (χ0n) is 17.3. The number of nitrogens with zero attached hydrogens (tertiary/aromatic N) is 2. The molecule has 0 fully saturated rings. The van der Waals surface area contributed by atoms with Crippen molar-refractivity contribution in [2.24, 2.45) is 0 Å². The Hall–Kier alpha value is -2.69. The molecule has 0 saturated carbocycles. The van der Waals surface area contributed by atoms with Gasteiger partial charge >= 0.3 is 5.97 Å². The maximum atomic E-state index is 13.8. The summed E-state index contributed by atoms with van der Waals surface area (Å²) in [6, 6.07) is 15.3. The number of carbonyl (C=O) groups excluding carboxylic acids is 2. The van der Waals surface area contributed by atoms with E-state index in [2.05, 4.69) is 4.98 Å². The van der Waals surface area contributed by atoms with E-state index in [4.69, 9.17) is 4.74 Å². The number of esters is 1. The highest BCUT2D eigenvalue weighted by molar-refractivity contribution is 5.86. The molecule has 2 rings (SSSR count). The smallest absolute Gasteiger partial charge is 0.306 e. The van der Waals surface area contributed by atoms with E-state index in [9.17, 15) is 9.59 Å². The van der Waals surface area contributed by atoms with E-state index in [1.807, 2.05) is 81.1 Å². The quantitative estimate of drug-likeness (QED) is 0.643. The van der Waals surface area contributed by atoms with Gasteiger partial charge in [0.1, 0.15) is 0 Å². The van der Waals surface area contributed by atoms with Crippen LogP contribution >= 0.6 is 0 Å². The second kappa shape index (κ2) is 10.0. The Morgan fingerprint density at radius 3 is 2.07 bits per heavy atom. The van der Waals surface area contributed by atoms with Crippen LogP contribution < -0.4 is 0 Å². The zero-order chi connectivity index (χ0) is 20.7. The molecule has 0 saturated heterocycles. The molecule has 2 unspecified atom stereocenters. The summed E-state index contributed by atoms with van der Waals surface area (Å²) in [5.41, 5.74) is 1.58. The molecule has 1 amide bonds. The lowest BCUT2D eigenvalue weighted by Gasteiger charge is -2.36. The van der Waals surface area contributed by atoms with E-state index in [0.29, 0.717) is 5.69 Å². The normalized spacial score (nSPS) is 13.2. The summed E-state index contributed by atoms with van der Waals surface area (Å²) in [5, 5.41) is 0. The Balaban J connectivity index is 2.59. The highest BCUT2D eigenvalue weighted by Crippen LogP contribution is 2.37. The Bertz CT molecular complexity index is 752. The monoisotopic (exact) mass is 382 g/mol. The number of benzene rings is 1. The van der Waals surface area contributed by atoms with Crippen LogP contribution in [0, 0.1) is 0 Å². The van der Waals surface area contributed by atoms with Gasteiger partial charge in [-0.15, -0.1) is 0 Å². The van der Waals surface area contributed by atoms with Crippen molar-refractivity contribution in [1.29, 1.82) is 0 Å². The van der Waals surface area contributed by atoms with Crippen LogP contribution in [0.15, 0.2) is 54.7 Å². The van der Waals surface area contributed by atoms with Crippen molar-refractivity contribution in [3.05, 3.63) is 66.0 Å². The summed E-state index contributed by atoms with van der Waals surface area (Å²) in [7, 11) is 1.37. The van der Waals surface area contributed by atoms with Gasteiger partial charge in [0.05, 0.1) is 19.4 Å². The number of amides is 1. The molecule has 0 aliphatic heterocycles. The van der Waals surface area contributed by atoms with Crippen molar-refractivity contribution in [1.82, 2.24) is 9.88 Å². The van der Waals surface area contributed by atoms with Gasteiger partial charge in [-0.25, -0.2) is 0 Å². The molecule has 0 aliphatic carbocycles. The second-order valence-corrected chi connectivity index (χ2v) is 7.46. The van der Waals surface area contributed by atoms with Gasteiger partial charge in [0.25, 0.3) is 0 Å². The number of methoxy groups -OCH3 is 1. The highest BCUT2D eigenvalue weighted by atomic mass is 16.5. The average Bonchev–Trinajstić information content (AvgIpc) is 2.68. The maximum Gasteiger partial charge on any atom is 0.306 e. The summed E-state index contributed by atoms with van der Waals surface area (Å²) in [6.07, 6.45) is 1.78. The fourth-order valence-electron chi connectivity index (χ4n) is 3.72. The predicted octanol–water partition coefficient (Wildman–Crippen LogP) is 4.16. The van der Waals surface area contributed by atoms with Crippen LogP contribution in [0.1, 0.15) is 57.2 Å². The zero-order valence-corrected chi connectivity index (χ0v) is 17.3. The van der Waals surface area contributed by atoms with Crippen LogP contribution in [-0.4, -0.2) is 41.0 Å². The average molecular weight is 383 g/mol. The molecule has 1 heterocycles. The first-order valence-corrected chi connectivity index (χ1v) is 9.71. The number of hydrogen-bond donors (Lipinski definition) is 0. The van der Waals surface area contributed by atoms with E-state index < -0.39 is 11.8 Å². The summed E-state index contributed by atoms with van der Waals surface area (Å²) in [4.78, 5) is 32.3. The van der Waals surface area contributed by atoms with Gasteiger partial charge in [-0.3, -0.25) is 14.6 Å².